The largest absolute Gasteiger partial charge is 0.414 e. The van der Waals surface area contributed by atoms with Crippen molar-refractivity contribution in [3.63, 3.8) is 0 Å². The van der Waals surface area contributed by atoms with Crippen LogP contribution < -0.4 is 0 Å². The summed E-state index contributed by atoms with van der Waals surface area (Å²) in [6, 6.07) is 0. The average molecular weight is 322 g/mol. The summed E-state index contributed by atoms with van der Waals surface area (Å²) in [5, 5.41) is 15.8. The van der Waals surface area contributed by atoms with Gasteiger partial charge in [-0.15, -0.1) is 21.5 Å². The van der Waals surface area contributed by atoms with E-state index < -0.39 is 0 Å². The van der Waals surface area contributed by atoms with Gasteiger partial charge in [-0.3, -0.25) is 0 Å². The van der Waals surface area contributed by atoms with Crippen molar-refractivity contribution >= 4 is 23.1 Å². The number of nitrogens with zero attached hydrogens (tertiary/aromatic N) is 6. The normalized spacial score (nSPS) is 11.4. The Balaban J connectivity index is 1.56. The molecule has 0 saturated carbocycles. The second-order valence-corrected chi connectivity index (χ2v) is 6.49. The molecule has 0 saturated heterocycles. The van der Waals surface area contributed by atoms with E-state index in [0.717, 1.165) is 16.5 Å². The molecule has 3 heterocycles. The summed E-state index contributed by atoms with van der Waals surface area (Å²) in [5.74, 6) is 1.71. The van der Waals surface area contributed by atoms with E-state index in [1.807, 2.05) is 0 Å². The SMILES string of the molecule is CC(C)c1nc(CSc2nnc(Cn3cncn3)o2)cs1. The topological polar surface area (TPSA) is 82.5 Å². The molecule has 7 nitrogen and oxygen atoms in total. The van der Waals surface area contributed by atoms with Crippen LogP contribution in [-0.4, -0.2) is 29.9 Å². The van der Waals surface area contributed by atoms with Gasteiger partial charge >= 0.3 is 0 Å². The first-order valence-corrected chi connectivity index (χ1v) is 8.29. The monoisotopic (exact) mass is 322 g/mol. The second kappa shape index (κ2) is 6.35. The molecule has 3 rings (SSSR count). The molecule has 0 amide bonds. The maximum absolute atomic E-state index is 5.56. The van der Waals surface area contributed by atoms with E-state index in [-0.39, 0.29) is 0 Å². The van der Waals surface area contributed by atoms with Crippen LogP contribution in [-0.2, 0) is 12.3 Å². The van der Waals surface area contributed by atoms with Crippen molar-refractivity contribution in [3.05, 3.63) is 34.6 Å². The summed E-state index contributed by atoms with van der Waals surface area (Å²) in [6.45, 7) is 4.72. The molecule has 0 fully saturated rings. The van der Waals surface area contributed by atoms with Crippen molar-refractivity contribution in [3.8, 4) is 0 Å². The fourth-order valence-corrected chi connectivity index (χ4v) is 3.22. The van der Waals surface area contributed by atoms with Crippen molar-refractivity contribution < 1.29 is 4.42 Å². The van der Waals surface area contributed by atoms with Crippen LogP contribution in [0.3, 0.4) is 0 Å². The molecule has 3 aromatic rings. The van der Waals surface area contributed by atoms with Crippen molar-refractivity contribution in [1.29, 1.82) is 0 Å². The summed E-state index contributed by atoms with van der Waals surface area (Å²) in [7, 11) is 0. The predicted octanol–water partition coefficient (Wildman–Crippen LogP) is 2.58. The maximum Gasteiger partial charge on any atom is 0.277 e. The van der Waals surface area contributed by atoms with E-state index in [1.165, 1.54) is 18.1 Å². The van der Waals surface area contributed by atoms with Crippen LogP contribution in [0.5, 0.6) is 0 Å². The van der Waals surface area contributed by atoms with Crippen LogP contribution in [0.2, 0.25) is 0 Å². The van der Waals surface area contributed by atoms with Crippen LogP contribution in [0.15, 0.2) is 27.7 Å². The number of thiazole rings is 1. The summed E-state index contributed by atoms with van der Waals surface area (Å²) >= 11 is 3.18. The van der Waals surface area contributed by atoms with Crippen molar-refractivity contribution in [1.82, 2.24) is 29.9 Å². The molecule has 0 bridgehead atoms. The van der Waals surface area contributed by atoms with Gasteiger partial charge in [0.25, 0.3) is 5.22 Å². The molecule has 0 spiro atoms. The predicted molar refractivity (Wildman–Crippen MR) is 79.2 cm³/mol. The molecule has 0 atom stereocenters. The highest BCUT2D eigenvalue weighted by atomic mass is 32.2. The van der Waals surface area contributed by atoms with E-state index in [4.69, 9.17) is 4.42 Å². The van der Waals surface area contributed by atoms with Crippen LogP contribution in [0.25, 0.3) is 0 Å². The molecule has 3 aromatic heterocycles. The van der Waals surface area contributed by atoms with E-state index in [2.05, 4.69) is 44.5 Å². The molecule has 0 aliphatic carbocycles. The minimum Gasteiger partial charge on any atom is -0.414 e. The lowest BCUT2D eigenvalue weighted by Gasteiger charge is -1.96. The van der Waals surface area contributed by atoms with Crippen LogP contribution in [0.1, 0.15) is 36.4 Å². The minimum atomic E-state index is 0.432. The molecule has 0 aliphatic heterocycles. The summed E-state index contributed by atoms with van der Waals surface area (Å²) in [6.07, 6.45) is 3.08. The third kappa shape index (κ3) is 3.67. The van der Waals surface area contributed by atoms with Gasteiger partial charge in [-0.25, -0.2) is 14.6 Å². The van der Waals surface area contributed by atoms with Crippen LogP contribution >= 0.6 is 23.1 Å². The van der Waals surface area contributed by atoms with Gasteiger partial charge < -0.3 is 4.42 Å². The molecule has 0 aliphatic rings. The second-order valence-electron chi connectivity index (χ2n) is 4.68. The lowest BCUT2D eigenvalue weighted by atomic mass is 10.2. The number of hydrogen-bond acceptors (Lipinski definition) is 8. The Morgan fingerprint density at radius 2 is 2.29 bits per heavy atom. The molecule has 9 heteroatoms. The highest BCUT2D eigenvalue weighted by Gasteiger charge is 2.10. The first-order chi connectivity index (χ1) is 10.2. The molecule has 0 aromatic carbocycles. The number of thioether (sulfide) groups is 1. The highest BCUT2D eigenvalue weighted by molar-refractivity contribution is 7.98. The van der Waals surface area contributed by atoms with E-state index in [0.29, 0.717) is 23.6 Å². The lowest BCUT2D eigenvalue weighted by molar-refractivity contribution is 0.397. The smallest absolute Gasteiger partial charge is 0.277 e. The zero-order chi connectivity index (χ0) is 14.7. The van der Waals surface area contributed by atoms with Gasteiger partial charge in [0.15, 0.2) is 0 Å². The summed E-state index contributed by atoms with van der Waals surface area (Å²) < 4.78 is 7.20. The van der Waals surface area contributed by atoms with Crippen molar-refractivity contribution in [2.24, 2.45) is 0 Å². The van der Waals surface area contributed by atoms with Crippen molar-refractivity contribution in [2.45, 2.75) is 37.3 Å². The van der Waals surface area contributed by atoms with E-state index in [9.17, 15) is 0 Å². The standard InChI is InChI=1S/C12H14N6OS2/c1-8(2)11-15-9(4-20-11)5-21-12-17-16-10(19-12)3-18-7-13-6-14-18/h4,6-8H,3,5H2,1-2H3. The Kier molecular flexibility index (Phi) is 4.30. The Morgan fingerprint density at radius 1 is 1.38 bits per heavy atom. The number of aromatic nitrogens is 6. The maximum atomic E-state index is 5.56. The summed E-state index contributed by atoms with van der Waals surface area (Å²) in [5.41, 5.74) is 1.05. The number of hydrogen-bond donors (Lipinski definition) is 0. The average Bonchev–Trinajstić information content (AvgIpc) is 3.18. The van der Waals surface area contributed by atoms with Crippen LogP contribution in [0.4, 0.5) is 0 Å². The first kappa shape index (κ1) is 14.2. The van der Waals surface area contributed by atoms with Crippen LogP contribution in [0, 0.1) is 0 Å². The molecule has 110 valence electrons. The summed E-state index contributed by atoms with van der Waals surface area (Å²) in [4.78, 5) is 8.45. The highest BCUT2D eigenvalue weighted by Crippen LogP contribution is 2.25. The first-order valence-electron chi connectivity index (χ1n) is 6.42. The zero-order valence-electron chi connectivity index (χ0n) is 11.6. The molecular formula is C12H14N6OS2. The van der Waals surface area contributed by atoms with E-state index in [1.54, 1.807) is 22.3 Å². The van der Waals surface area contributed by atoms with E-state index >= 15 is 0 Å². The third-order valence-corrected chi connectivity index (χ3v) is 4.67. The number of rotatable bonds is 6. The zero-order valence-corrected chi connectivity index (χ0v) is 13.3. The third-order valence-electron chi connectivity index (χ3n) is 2.62. The van der Waals surface area contributed by atoms with Gasteiger partial charge in [0.1, 0.15) is 19.2 Å². The van der Waals surface area contributed by atoms with Gasteiger partial charge in [0.2, 0.25) is 5.89 Å². The molecule has 0 radical (unpaired) electrons. The molecule has 21 heavy (non-hydrogen) atoms. The van der Waals surface area contributed by atoms with Gasteiger partial charge in [0.05, 0.1) is 10.7 Å². The van der Waals surface area contributed by atoms with Gasteiger partial charge in [-0.1, -0.05) is 25.6 Å². The Morgan fingerprint density at radius 3 is 3.00 bits per heavy atom. The van der Waals surface area contributed by atoms with Gasteiger partial charge in [0, 0.05) is 17.1 Å². The quantitative estimate of drug-likeness (QED) is 0.645. The van der Waals surface area contributed by atoms with Gasteiger partial charge in [-0.2, -0.15) is 5.10 Å². The lowest BCUT2D eigenvalue weighted by Crippen LogP contribution is -1.99. The molecule has 0 unspecified atom stereocenters. The fraction of sp³-hybridized carbons (Fsp3) is 0.417. The fourth-order valence-electron chi connectivity index (χ4n) is 1.60. The molecule has 0 N–H and O–H groups in total. The Hall–Kier alpha value is -1.74. The van der Waals surface area contributed by atoms with Gasteiger partial charge in [-0.05, 0) is 0 Å². The minimum absolute atomic E-state index is 0.432. The van der Waals surface area contributed by atoms with Crippen molar-refractivity contribution in [2.75, 3.05) is 0 Å². The Bertz CT molecular complexity index is 690. The Labute approximate surface area is 129 Å². The molecular weight excluding hydrogens is 308 g/mol.